The van der Waals surface area contributed by atoms with Gasteiger partial charge in [-0.05, 0) is 49.8 Å². The molecular weight excluding hydrogens is 405 g/mol. The molecule has 2 heterocycles. The summed E-state index contributed by atoms with van der Waals surface area (Å²) in [6.45, 7) is 3.89. The fourth-order valence-corrected chi connectivity index (χ4v) is 3.67. The quantitative estimate of drug-likeness (QED) is 0.465. The second kappa shape index (κ2) is 9.01. The maximum Gasteiger partial charge on any atom is 0.244 e. The number of nitrogens with zero attached hydrogens (tertiary/aromatic N) is 4. The third-order valence-electron chi connectivity index (χ3n) is 5.36. The van der Waals surface area contributed by atoms with Gasteiger partial charge in [0.1, 0.15) is 17.7 Å². The van der Waals surface area contributed by atoms with Crippen LogP contribution in [0.15, 0.2) is 73.1 Å². The van der Waals surface area contributed by atoms with Crippen LogP contribution in [0.4, 0.5) is 4.39 Å². The molecule has 7 heteroatoms. The highest BCUT2D eigenvalue weighted by Gasteiger charge is 2.20. The highest BCUT2D eigenvalue weighted by atomic mass is 19.1. The lowest BCUT2D eigenvalue weighted by molar-refractivity contribution is -0.117. The highest BCUT2D eigenvalue weighted by Crippen LogP contribution is 2.22. The largest absolute Gasteiger partial charge is 0.339 e. The molecule has 1 amide bonds. The average Bonchev–Trinajstić information content (AvgIpc) is 3.34. The number of halogens is 1. The Morgan fingerprint density at radius 1 is 1.09 bits per heavy atom. The van der Waals surface area contributed by atoms with Gasteiger partial charge in [0.2, 0.25) is 5.91 Å². The molecule has 0 aliphatic heterocycles. The van der Waals surface area contributed by atoms with Crippen molar-refractivity contribution in [3.8, 4) is 5.69 Å². The summed E-state index contributed by atoms with van der Waals surface area (Å²) >= 11 is 0. The molecular formula is C25H24FN5O. The van der Waals surface area contributed by atoms with Gasteiger partial charge < -0.3 is 9.88 Å². The number of hydrogen-bond acceptors (Lipinski definition) is 3. The molecule has 1 N–H and O–H groups in total. The van der Waals surface area contributed by atoms with E-state index in [1.807, 2.05) is 60.5 Å². The normalized spacial score (nSPS) is 12.2. The van der Waals surface area contributed by atoms with Gasteiger partial charge in [0, 0.05) is 36.8 Å². The lowest BCUT2D eigenvalue weighted by Crippen LogP contribution is -2.29. The summed E-state index contributed by atoms with van der Waals surface area (Å²) in [6.07, 6.45) is 6.73. The second-order valence-electron chi connectivity index (χ2n) is 7.55. The van der Waals surface area contributed by atoms with Crippen molar-refractivity contribution in [3.63, 3.8) is 0 Å². The summed E-state index contributed by atoms with van der Waals surface area (Å²) in [5.74, 6) is 0.0381. The summed E-state index contributed by atoms with van der Waals surface area (Å²) in [7, 11) is 1.85. The molecule has 4 aromatic rings. The minimum atomic E-state index is -0.512. The molecule has 0 bridgehead atoms. The van der Waals surface area contributed by atoms with Crippen molar-refractivity contribution in [2.75, 3.05) is 0 Å². The topological polar surface area (TPSA) is 64.7 Å². The Labute approximate surface area is 186 Å². The molecule has 0 saturated heterocycles. The minimum Gasteiger partial charge on any atom is -0.339 e. The maximum atomic E-state index is 13.4. The number of nitrogens with one attached hydrogen (secondary N) is 1. The van der Waals surface area contributed by atoms with Crippen LogP contribution in [0.5, 0.6) is 0 Å². The van der Waals surface area contributed by atoms with Crippen LogP contribution >= 0.6 is 0 Å². The Hall–Kier alpha value is -4.00. The Morgan fingerprint density at radius 2 is 1.81 bits per heavy atom. The van der Waals surface area contributed by atoms with Gasteiger partial charge in [-0.3, -0.25) is 4.79 Å². The smallest absolute Gasteiger partial charge is 0.244 e. The lowest BCUT2D eigenvalue weighted by atomic mass is 10.1. The zero-order chi connectivity index (χ0) is 22.7. The first-order valence-electron chi connectivity index (χ1n) is 10.3. The van der Waals surface area contributed by atoms with Crippen LogP contribution in [0, 0.1) is 19.7 Å². The number of para-hydroxylation sites is 1. The van der Waals surface area contributed by atoms with E-state index in [4.69, 9.17) is 0 Å². The summed E-state index contributed by atoms with van der Waals surface area (Å²) in [5.41, 5.74) is 4.36. The number of aromatic nitrogens is 4. The van der Waals surface area contributed by atoms with E-state index < -0.39 is 6.04 Å². The number of imidazole rings is 1. The van der Waals surface area contributed by atoms with Gasteiger partial charge in [-0.15, -0.1) is 0 Å². The molecule has 2 aromatic heterocycles. The van der Waals surface area contributed by atoms with Crippen LogP contribution in [0.25, 0.3) is 11.8 Å². The Kier molecular flexibility index (Phi) is 5.98. The van der Waals surface area contributed by atoms with E-state index in [1.54, 1.807) is 30.6 Å². The van der Waals surface area contributed by atoms with Crippen LogP contribution in [-0.4, -0.2) is 25.2 Å². The molecule has 0 aliphatic carbocycles. The van der Waals surface area contributed by atoms with Crippen molar-refractivity contribution in [1.82, 2.24) is 24.6 Å². The second-order valence-corrected chi connectivity index (χ2v) is 7.55. The molecule has 32 heavy (non-hydrogen) atoms. The van der Waals surface area contributed by atoms with Crippen molar-refractivity contribution in [3.05, 3.63) is 107 Å². The van der Waals surface area contributed by atoms with E-state index in [2.05, 4.69) is 15.4 Å². The van der Waals surface area contributed by atoms with Crippen molar-refractivity contribution < 1.29 is 9.18 Å². The summed E-state index contributed by atoms with van der Waals surface area (Å²) in [4.78, 5) is 17.2. The Bertz CT molecular complexity index is 1260. The highest BCUT2D eigenvalue weighted by molar-refractivity contribution is 5.92. The number of amides is 1. The molecule has 0 fully saturated rings. The first-order valence-corrected chi connectivity index (χ1v) is 10.3. The van der Waals surface area contributed by atoms with Crippen molar-refractivity contribution >= 4 is 12.0 Å². The lowest BCUT2D eigenvalue weighted by Gasteiger charge is -2.18. The third kappa shape index (κ3) is 4.37. The molecule has 1 atom stereocenters. The summed E-state index contributed by atoms with van der Waals surface area (Å²) < 4.78 is 17.1. The predicted octanol–water partition coefficient (Wildman–Crippen LogP) is 4.28. The van der Waals surface area contributed by atoms with Gasteiger partial charge in [0.25, 0.3) is 0 Å². The SMILES string of the molecule is Cc1nn(-c2ccccc2)c(C)c1/C=C/C(=O)NC(c1ccc(F)cc1)c1nccn1C. The number of rotatable bonds is 6. The third-order valence-corrected chi connectivity index (χ3v) is 5.36. The Balaban J connectivity index is 1.58. The molecule has 1 unspecified atom stereocenters. The Morgan fingerprint density at radius 3 is 2.47 bits per heavy atom. The van der Waals surface area contributed by atoms with Crippen LogP contribution in [0.3, 0.4) is 0 Å². The molecule has 0 spiro atoms. The van der Waals surface area contributed by atoms with Gasteiger partial charge in [-0.2, -0.15) is 5.10 Å². The molecule has 2 aromatic carbocycles. The zero-order valence-electron chi connectivity index (χ0n) is 18.2. The van der Waals surface area contributed by atoms with Gasteiger partial charge in [0.15, 0.2) is 0 Å². The number of carbonyl (C=O) groups is 1. The van der Waals surface area contributed by atoms with Crippen LogP contribution in [-0.2, 0) is 11.8 Å². The maximum absolute atomic E-state index is 13.4. The fourth-order valence-electron chi connectivity index (χ4n) is 3.67. The monoisotopic (exact) mass is 429 g/mol. The number of benzene rings is 2. The van der Waals surface area contributed by atoms with Gasteiger partial charge >= 0.3 is 0 Å². The van der Waals surface area contributed by atoms with Crippen molar-refractivity contribution in [2.45, 2.75) is 19.9 Å². The standard InChI is InChI=1S/C25H24FN5O/c1-17-22(18(2)31(29-17)21-7-5-4-6-8-21)13-14-23(32)28-24(25-27-15-16-30(25)3)19-9-11-20(26)12-10-19/h4-16,24H,1-3H3,(H,28,32)/b14-13+. The number of aryl methyl sites for hydroxylation is 2. The number of carbonyl (C=O) groups excluding carboxylic acids is 1. The average molecular weight is 429 g/mol. The molecule has 4 rings (SSSR count). The van der Waals surface area contributed by atoms with E-state index >= 15 is 0 Å². The molecule has 0 aliphatic rings. The minimum absolute atomic E-state index is 0.284. The molecule has 0 radical (unpaired) electrons. The van der Waals surface area contributed by atoms with E-state index in [0.29, 0.717) is 5.82 Å². The van der Waals surface area contributed by atoms with Crippen molar-refractivity contribution in [2.24, 2.45) is 7.05 Å². The number of hydrogen-bond donors (Lipinski definition) is 1. The predicted molar refractivity (Wildman–Crippen MR) is 122 cm³/mol. The zero-order valence-corrected chi connectivity index (χ0v) is 18.2. The van der Waals surface area contributed by atoms with E-state index in [-0.39, 0.29) is 11.7 Å². The van der Waals surface area contributed by atoms with E-state index in [1.165, 1.54) is 18.2 Å². The molecule has 0 saturated carbocycles. The van der Waals surface area contributed by atoms with Gasteiger partial charge in [-0.25, -0.2) is 14.1 Å². The first-order chi connectivity index (χ1) is 15.4. The molecule has 6 nitrogen and oxygen atoms in total. The van der Waals surface area contributed by atoms with Crippen LogP contribution < -0.4 is 5.32 Å². The van der Waals surface area contributed by atoms with Gasteiger partial charge in [-0.1, -0.05) is 30.3 Å². The fraction of sp³-hybridized carbons (Fsp3) is 0.160. The summed E-state index contributed by atoms with van der Waals surface area (Å²) in [5, 5.41) is 7.60. The molecule has 162 valence electrons. The van der Waals surface area contributed by atoms with Crippen molar-refractivity contribution in [1.29, 1.82) is 0 Å². The first kappa shape index (κ1) is 21.2. The van der Waals surface area contributed by atoms with E-state index in [0.717, 1.165) is 28.2 Å². The van der Waals surface area contributed by atoms with Gasteiger partial charge in [0.05, 0.1) is 11.4 Å². The van der Waals surface area contributed by atoms with Crippen LogP contribution in [0.1, 0.15) is 34.4 Å². The summed E-state index contributed by atoms with van der Waals surface area (Å²) in [6, 6.07) is 15.4. The van der Waals surface area contributed by atoms with E-state index in [9.17, 15) is 9.18 Å². The van der Waals surface area contributed by atoms with Crippen LogP contribution in [0.2, 0.25) is 0 Å².